The van der Waals surface area contributed by atoms with Gasteiger partial charge >= 0.3 is 0 Å². The quantitative estimate of drug-likeness (QED) is 0.698. The maximum atomic E-state index is 12.6. The van der Waals surface area contributed by atoms with Crippen molar-refractivity contribution in [2.75, 3.05) is 21.3 Å². The van der Waals surface area contributed by atoms with Crippen LogP contribution in [0, 0.1) is 0 Å². The molecule has 0 aliphatic heterocycles. The van der Waals surface area contributed by atoms with Crippen molar-refractivity contribution in [2.45, 2.75) is 0 Å². The smallest absolute Gasteiger partial charge is 0.258 e. The highest BCUT2D eigenvalue weighted by Gasteiger charge is 2.14. The van der Waals surface area contributed by atoms with E-state index in [2.05, 4.69) is 0 Å². The van der Waals surface area contributed by atoms with E-state index in [-0.39, 0.29) is 5.56 Å². The van der Waals surface area contributed by atoms with Gasteiger partial charge < -0.3 is 18.8 Å². The molecule has 0 radical (unpaired) electrons. The van der Waals surface area contributed by atoms with Crippen LogP contribution in [-0.2, 0) is 7.05 Å². The summed E-state index contributed by atoms with van der Waals surface area (Å²) in [5.74, 6) is 1.85. The molecule has 0 bridgehead atoms. The molecule has 0 saturated heterocycles. The first-order chi connectivity index (χ1) is 10.6. The van der Waals surface area contributed by atoms with Gasteiger partial charge in [-0.25, -0.2) is 0 Å². The van der Waals surface area contributed by atoms with E-state index < -0.39 is 0 Å². The average Bonchev–Trinajstić information content (AvgIpc) is 2.57. The predicted molar refractivity (Wildman–Crippen MR) is 86.4 cm³/mol. The van der Waals surface area contributed by atoms with E-state index in [9.17, 15) is 4.79 Å². The molecule has 5 heteroatoms. The van der Waals surface area contributed by atoms with Crippen LogP contribution in [-0.4, -0.2) is 25.9 Å². The van der Waals surface area contributed by atoms with Crippen LogP contribution in [0.4, 0.5) is 0 Å². The molecule has 1 heterocycles. The maximum absolute atomic E-state index is 12.6. The molecule has 2 aromatic carbocycles. The minimum atomic E-state index is -0.0864. The fourth-order valence-corrected chi connectivity index (χ4v) is 2.71. The van der Waals surface area contributed by atoms with Crippen LogP contribution < -0.4 is 19.8 Å². The number of ether oxygens (including phenoxy) is 3. The summed E-state index contributed by atoms with van der Waals surface area (Å²) >= 11 is 0. The largest absolute Gasteiger partial charge is 0.497 e. The Morgan fingerprint density at radius 1 is 0.818 bits per heavy atom. The Balaban J connectivity index is 2.52. The topological polar surface area (TPSA) is 49.7 Å². The molecule has 22 heavy (non-hydrogen) atoms. The molecule has 0 spiro atoms. The summed E-state index contributed by atoms with van der Waals surface area (Å²) in [5, 5.41) is 2.38. The molecular formula is C17H17NO4. The third-order valence-electron chi connectivity index (χ3n) is 3.92. The second-order valence-corrected chi connectivity index (χ2v) is 5.00. The van der Waals surface area contributed by atoms with Crippen molar-refractivity contribution >= 4 is 21.7 Å². The van der Waals surface area contributed by atoms with Gasteiger partial charge in [0.1, 0.15) is 5.75 Å². The van der Waals surface area contributed by atoms with E-state index in [1.165, 1.54) is 0 Å². The number of aromatic nitrogens is 1. The first kappa shape index (κ1) is 14.3. The molecule has 0 unspecified atom stereocenters. The van der Waals surface area contributed by atoms with E-state index >= 15 is 0 Å². The van der Waals surface area contributed by atoms with Crippen molar-refractivity contribution in [3.05, 3.63) is 40.7 Å². The van der Waals surface area contributed by atoms with Crippen LogP contribution >= 0.6 is 0 Å². The van der Waals surface area contributed by atoms with E-state index in [4.69, 9.17) is 14.2 Å². The van der Waals surface area contributed by atoms with Gasteiger partial charge in [-0.3, -0.25) is 4.79 Å². The van der Waals surface area contributed by atoms with Crippen molar-refractivity contribution in [2.24, 2.45) is 7.05 Å². The summed E-state index contributed by atoms with van der Waals surface area (Å²) < 4.78 is 17.5. The number of rotatable bonds is 3. The van der Waals surface area contributed by atoms with Crippen LogP contribution in [0.2, 0.25) is 0 Å². The second kappa shape index (κ2) is 5.26. The average molecular weight is 299 g/mol. The highest BCUT2D eigenvalue weighted by atomic mass is 16.5. The highest BCUT2D eigenvalue weighted by Crippen LogP contribution is 2.34. The summed E-state index contributed by atoms with van der Waals surface area (Å²) in [7, 11) is 6.49. The highest BCUT2D eigenvalue weighted by molar-refractivity contribution is 6.07. The zero-order valence-corrected chi connectivity index (χ0v) is 13.0. The Kier molecular flexibility index (Phi) is 3.41. The van der Waals surface area contributed by atoms with Gasteiger partial charge in [0.15, 0.2) is 11.5 Å². The monoisotopic (exact) mass is 299 g/mol. The summed E-state index contributed by atoms with van der Waals surface area (Å²) in [6, 6.07) is 9.24. The number of hydrogen-bond donors (Lipinski definition) is 0. The minimum Gasteiger partial charge on any atom is -0.497 e. The summed E-state index contributed by atoms with van der Waals surface area (Å²) in [6.07, 6.45) is 0. The van der Waals surface area contributed by atoms with Crippen molar-refractivity contribution in [1.82, 2.24) is 4.57 Å². The van der Waals surface area contributed by atoms with Crippen molar-refractivity contribution in [1.29, 1.82) is 0 Å². The van der Waals surface area contributed by atoms with Crippen molar-refractivity contribution in [3.63, 3.8) is 0 Å². The number of pyridine rings is 1. The molecule has 0 atom stereocenters. The Bertz CT molecular complexity index is 927. The Morgan fingerprint density at radius 3 is 2.05 bits per heavy atom. The maximum Gasteiger partial charge on any atom is 0.258 e. The van der Waals surface area contributed by atoms with Gasteiger partial charge in [0.05, 0.1) is 32.2 Å². The minimum absolute atomic E-state index is 0.0864. The van der Waals surface area contributed by atoms with Gasteiger partial charge in [-0.15, -0.1) is 0 Å². The number of aryl methyl sites for hydroxylation is 1. The lowest BCUT2D eigenvalue weighted by molar-refractivity contribution is 0.356. The fraction of sp³-hybridized carbons (Fsp3) is 0.235. The molecule has 5 nitrogen and oxygen atoms in total. The SMILES string of the molecule is COc1ccc2c3cc(OC)c(OC)cc3c(=O)n(C)c2c1. The fourth-order valence-electron chi connectivity index (χ4n) is 2.71. The number of nitrogens with zero attached hydrogens (tertiary/aromatic N) is 1. The number of hydrogen-bond acceptors (Lipinski definition) is 4. The Hall–Kier alpha value is -2.69. The molecule has 0 aliphatic carbocycles. The van der Waals surface area contributed by atoms with Crippen LogP contribution in [0.25, 0.3) is 21.7 Å². The number of fused-ring (bicyclic) bond motifs is 3. The van der Waals surface area contributed by atoms with E-state index in [0.717, 1.165) is 16.3 Å². The van der Waals surface area contributed by atoms with Crippen LogP contribution in [0.5, 0.6) is 17.2 Å². The lowest BCUT2D eigenvalue weighted by Crippen LogP contribution is -2.17. The van der Waals surface area contributed by atoms with E-state index in [0.29, 0.717) is 22.6 Å². The van der Waals surface area contributed by atoms with Gasteiger partial charge in [0.25, 0.3) is 5.56 Å². The molecular weight excluding hydrogens is 282 g/mol. The molecule has 3 rings (SSSR count). The molecule has 0 fully saturated rings. The standard InChI is InChI=1S/C17H17NO4/c1-18-14-7-10(20-2)5-6-11(14)12-8-15(21-3)16(22-4)9-13(12)17(18)19/h5-9H,1-4H3. The molecule has 0 aliphatic rings. The van der Waals surface area contributed by atoms with Gasteiger partial charge in [0.2, 0.25) is 0 Å². The van der Waals surface area contributed by atoms with Crippen LogP contribution in [0.1, 0.15) is 0 Å². The van der Waals surface area contributed by atoms with Gasteiger partial charge in [-0.05, 0) is 24.3 Å². The summed E-state index contributed by atoms with van der Waals surface area (Å²) in [5.41, 5.74) is 0.723. The zero-order valence-electron chi connectivity index (χ0n) is 13.0. The molecule has 3 aromatic rings. The third kappa shape index (κ3) is 1.97. The zero-order chi connectivity index (χ0) is 15.9. The van der Waals surface area contributed by atoms with Gasteiger partial charge in [0, 0.05) is 23.9 Å². The van der Waals surface area contributed by atoms with E-state index in [1.54, 1.807) is 39.0 Å². The molecule has 0 saturated carbocycles. The molecule has 114 valence electrons. The first-order valence-corrected chi connectivity index (χ1v) is 6.83. The second-order valence-electron chi connectivity index (χ2n) is 5.00. The summed E-state index contributed by atoms with van der Waals surface area (Å²) in [6.45, 7) is 0. The van der Waals surface area contributed by atoms with Gasteiger partial charge in [-0.1, -0.05) is 0 Å². The number of benzene rings is 2. The predicted octanol–water partition coefficient (Wildman–Crippen LogP) is 2.72. The van der Waals surface area contributed by atoms with Crippen molar-refractivity contribution < 1.29 is 14.2 Å². The van der Waals surface area contributed by atoms with E-state index in [1.807, 2.05) is 24.3 Å². The van der Waals surface area contributed by atoms with Crippen LogP contribution in [0.15, 0.2) is 35.1 Å². The van der Waals surface area contributed by atoms with Gasteiger partial charge in [-0.2, -0.15) is 0 Å². The lowest BCUT2D eigenvalue weighted by atomic mass is 10.0. The Labute approximate surface area is 127 Å². The summed E-state index contributed by atoms with van der Waals surface area (Å²) in [4.78, 5) is 12.6. The third-order valence-corrected chi connectivity index (χ3v) is 3.92. The first-order valence-electron chi connectivity index (χ1n) is 6.83. The molecule has 1 aromatic heterocycles. The molecule has 0 amide bonds. The van der Waals surface area contributed by atoms with Crippen LogP contribution in [0.3, 0.4) is 0 Å². The van der Waals surface area contributed by atoms with Crippen molar-refractivity contribution in [3.8, 4) is 17.2 Å². The normalized spacial score (nSPS) is 10.9. The number of methoxy groups -OCH3 is 3. The molecule has 0 N–H and O–H groups in total. The Morgan fingerprint density at radius 2 is 1.45 bits per heavy atom. The lowest BCUT2D eigenvalue weighted by Gasteiger charge is -2.13.